The van der Waals surface area contributed by atoms with Crippen LogP contribution in [0, 0.1) is 0 Å². The lowest BCUT2D eigenvalue weighted by Gasteiger charge is -2.20. The number of Topliss-reactive ketones (excluding diaryl/α,β-unsaturated/α-hetero) is 1. The predicted octanol–water partition coefficient (Wildman–Crippen LogP) is 4.34. The average molecular weight is 468 g/mol. The number of rotatable bonds is 10. The van der Waals surface area contributed by atoms with Gasteiger partial charge in [-0.25, -0.2) is 13.2 Å². The zero-order valence-electron chi connectivity index (χ0n) is 18.4. The minimum absolute atomic E-state index is 0.0266. The van der Waals surface area contributed by atoms with Crippen LogP contribution < -0.4 is 9.04 Å². The molecule has 3 aromatic carbocycles. The Labute approximate surface area is 193 Å². The molecule has 7 nitrogen and oxygen atoms in total. The minimum Gasteiger partial charge on any atom is -0.497 e. The molecule has 3 rings (SSSR count). The third-order valence-electron chi connectivity index (χ3n) is 5.04. The number of anilines is 1. The number of sulfonamides is 1. The van der Waals surface area contributed by atoms with Gasteiger partial charge in [-0.1, -0.05) is 36.4 Å². The molecule has 172 valence electrons. The highest BCUT2D eigenvalue weighted by atomic mass is 32.2. The van der Waals surface area contributed by atoms with Crippen molar-refractivity contribution in [2.24, 2.45) is 0 Å². The van der Waals surface area contributed by atoms with Crippen LogP contribution in [0.15, 0.2) is 83.8 Å². The summed E-state index contributed by atoms with van der Waals surface area (Å²) in [6, 6.07) is 21.2. The predicted molar refractivity (Wildman–Crippen MR) is 125 cm³/mol. The Balaban J connectivity index is 1.61. The second-order valence-electron chi connectivity index (χ2n) is 7.23. The molecular weight excluding hydrogens is 442 g/mol. The van der Waals surface area contributed by atoms with Gasteiger partial charge in [0.15, 0.2) is 5.78 Å². The zero-order chi connectivity index (χ0) is 23.8. The fourth-order valence-electron chi connectivity index (χ4n) is 3.12. The van der Waals surface area contributed by atoms with Crippen molar-refractivity contribution in [1.82, 2.24) is 0 Å². The van der Waals surface area contributed by atoms with E-state index < -0.39 is 16.0 Å². The fourth-order valence-corrected chi connectivity index (χ4v) is 4.36. The summed E-state index contributed by atoms with van der Waals surface area (Å²) < 4.78 is 37.5. The van der Waals surface area contributed by atoms with Gasteiger partial charge in [-0.15, -0.1) is 0 Å². The molecule has 3 aromatic rings. The first-order valence-electron chi connectivity index (χ1n) is 10.3. The van der Waals surface area contributed by atoms with Crippen LogP contribution in [0.25, 0.3) is 0 Å². The molecule has 0 N–H and O–H groups in total. The van der Waals surface area contributed by atoms with Gasteiger partial charge in [0.2, 0.25) is 0 Å². The molecule has 0 amide bonds. The van der Waals surface area contributed by atoms with Crippen molar-refractivity contribution < 1.29 is 27.5 Å². The Kier molecular flexibility index (Phi) is 7.84. The van der Waals surface area contributed by atoms with Crippen molar-refractivity contribution in [2.75, 3.05) is 25.1 Å². The van der Waals surface area contributed by atoms with Gasteiger partial charge < -0.3 is 9.47 Å². The molecule has 0 spiro atoms. The van der Waals surface area contributed by atoms with E-state index in [0.29, 0.717) is 23.4 Å². The Hall–Kier alpha value is -3.65. The van der Waals surface area contributed by atoms with Gasteiger partial charge in [0.25, 0.3) is 10.0 Å². The van der Waals surface area contributed by atoms with Crippen molar-refractivity contribution >= 4 is 27.5 Å². The van der Waals surface area contributed by atoms with E-state index in [1.165, 1.54) is 38.4 Å². The highest BCUT2D eigenvalue weighted by molar-refractivity contribution is 7.92. The van der Waals surface area contributed by atoms with Crippen molar-refractivity contribution in [3.05, 3.63) is 90.0 Å². The van der Waals surface area contributed by atoms with E-state index in [0.717, 1.165) is 4.31 Å². The molecule has 0 aliphatic heterocycles. The van der Waals surface area contributed by atoms with Crippen LogP contribution in [0.3, 0.4) is 0 Å². The van der Waals surface area contributed by atoms with Crippen LogP contribution in [-0.2, 0) is 14.8 Å². The number of nitrogens with zero attached hydrogens (tertiary/aromatic N) is 1. The van der Waals surface area contributed by atoms with Crippen molar-refractivity contribution in [3.8, 4) is 5.75 Å². The maximum absolute atomic E-state index is 13.0. The molecule has 0 saturated carbocycles. The van der Waals surface area contributed by atoms with Gasteiger partial charge in [-0.3, -0.25) is 9.10 Å². The molecule has 0 fully saturated rings. The SMILES string of the molecule is COc1ccc(N(C)S(=O)(=O)c2cccc(C(=O)OCCCC(=O)c3ccccc3)c2)cc1. The molecule has 33 heavy (non-hydrogen) atoms. The van der Waals surface area contributed by atoms with Crippen LogP contribution in [-0.4, -0.2) is 40.9 Å². The lowest BCUT2D eigenvalue weighted by Crippen LogP contribution is -2.26. The van der Waals surface area contributed by atoms with Crippen molar-refractivity contribution in [3.63, 3.8) is 0 Å². The van der Waals surface area contributed by atoms with Gasteiger partial charge in [0.1, 0.15) is 5.75 Å². The molecule has 0 atom stereocenters. The third-order valence-corrected chi connectivity index (χ3v) is 6.82. The van der Waals surface area contributed by atoms with Crippen LogP contribution in [0.5, 0.6) is 5.75 Å². The van der Waals surface area contributed by atoms with E-state index >= 15 is 0 Å². The quantitative estimate of drug-likeness (QED) is 0.250. The number of hydrogen-bond acceptors (Lipinski definition) is 6. The molecule has 0 bridgehead atoms. The summed E-state index contributed by atoms with van der Waals surface area (Å²) in [6.45, 7) is 0.0557. The van der Waals surface area contributed by atoms with Crippen LogP contribution in [0.4, 0.5) is 5.69 Å². The maximum Gasteiger partial charge on any atom is 0.338 e. The van der Waals surface area contributed by atoms with Crippen LogP contribution in [0.1, 0.15) is 33.6 Å². The number of hydrogen-bond donors (Lipinski definition) is 0. The average Bonchev–Trinajstić information content (AvgIpc) is 2.86. The maximum atomic E-state index is 13.0. The normalized spacial score (nSPS) is 11.0. The second-order valence-corrected chi connectivity index (χ2v) is 9.20. The van der Waals surface area contributed by atoms with Crippen molar-refractivity contribution in [2.45, 2.75) is 17.7 Å². The van der Waals surface area contributed by atoms with Gasteiger partial charge in [0, 0.05) is 19.0 Å². The van der Waals surface area contributed by atoms with E-state index in [4.69, 9.17) is 9.47 Å². The van der Waals surface area contributed by atoms with Gasteiger partial charge in [-0.2, -0.15) is 0 Å². The lowest BCUT2D eigenvalue weighted by atomic mass is 10.1. The van der Waals surface area contributed by atoms with E-state index in [-0.39, 0.29) is 29.3 Å². The van der Waals surface area contributed by atoms with Gasteiger partial charge >= 0.3 is 5.97 Å². The molecular formula is C25H25NO6S. The second kappa shape index (κ2) is 10.8. The standard InChI is InChI=1S/C25H25NO6S/c1-26(21-13-15-22(31-2)16-14-21)33(29,30)23-11-6-10-20(18-23)25(28)32-17-7-12-24(27)19-8-4-3-5-9-19/h3-6,8-11,13-16,18H,7,12,17H2,1-2H3. The van der Waals surface area contributed by atoms with Gasteiger partial charge in [0.05, 0.1) is 29.9 Å². The summed E-state index contributed by atoms with van der Waals surface area (Å²) in [5.74, 6) is -0.0626. The van der Waals surface area contributed by atoms with Crippen LogP contribution >= 0.6 is 0 Å². The molecule has 0 aliphatic carbocycles. The third kappa shape index (κ3) is 5.98. The highest BCUT2D eigenvalue weighted by Crippen LogP contribution is 2.25. The van der Waals surface area contributed by atoms with Crippen LogP contribution in [0.2, 0.25) is 0 Å². The number of ether oxygens (including phenoxy) is 2. The first kappa shape index (κ1) is 24.0. The van der Waals surface area contributed by atoms with E-state index in [1.807, 2.05) is 6.07 Å². The summed E-state index contributed by atoms with van der Waals surface area (Å²) >= 11 is 0. The first-order valence-corrected chi connectivity index (χ1v) is 11.8. The monoisotopic (exact) mass is 467 g/mol. The fraction of sp³-hybridized carbons (Fsp3) is 0.200. The summed E-state index contributed by atoms with van der Waals surface area (Å²) in [5.41, 5.74) is 1.18. The molecule has 0 aromatic heterocycles. The number of carbonyl (C=O) groups is 2. The molecule has 0 aliphatic rings. The smallest absolute Gasteiger partial charge is 0.338 e. The Bertz CT molecular complexity index is 1210. The molecule has 8 heteroatoms. The first-order chi connectivity index (χ1) is 15.8. The summed E-state index contributed by atoms with van der Waals surface area (Å²) in [7, 11) is -0.929. The van der Waals surface area contributed by atoms with E-state index in [9.17, 15) is 18.0 Å². The summed E-state index contributed by atoms with van der Waals surface area (Å²) in [6.07, 6.45) is 0.621. The Morgan fingerprint density at radius 2 is 1.55 bits per heavy atom. The topological polar surface area (TPSA) is 90.0 Å². The number of methoxy groups -OCH3 is 1. The Morgan fingerprint density at radius 1 is 0.879 bits per heavy atom. The zero-order valence-corrected chi connectivity index (χ0v) is 19.2. The molecule has 0 heterocycles. The largest absolute Gasteiger partial charge is 0.497 e. The number of esters is 1. The minimum atomic E-state index is -3.89. The van der Waals surface area contributed by atoms with Gasteiger partial charge in [-0.05, 0) is 48.9 Å². The molecule has 0 unspecified atom stereocenters. The number of carbonyl (C=O) groups excluding carboxylic acids is 2. The van der Waals surface area contributed by atoms with Crippen molar-refractivity contribution in [1.29, 1.82) is 0 Å². The Morgan fingerprint density at radius 3 is 2.21 bits per heavy atom. The highest BCUT2D eigenvalue weighted by Gasteiger charge is 2.23. The summed E-state index contributed by atoms with van der Waals surface area (Å²) in [5, 5.41) is 0. The number of benzene rings is 3. The molecule has 0 radical (unpaired) electrons. The molecule has 0 saturated heterocycles. The van der Waals surface area contributed by atoms with E-state index in [2.05, 4.69) is 0 Å². The van der Waals surface area contributed by atoms with E-state index in [1.54, 1.807) is 48.5 Å². The summed E-state index contributed by atoms with van der Waals surface area (Å²) in [4.78, 5) is 24.5. The number of ketones is 1. The lowest BCUT2D eigenvalue weighted by molar-refractivity contribution is 0.0494.